The summed E-state index contributed by atoms with van der Waals surface area (Å²) in [5.74, 6) is 1.00. The summed E-state index contributed by atoms with van der Waals surface area (Å²) in [6.45, 7) is 3.45. The Hall–Kier alpha value is -3.09. The number of carbonyl (C=O) groups is 2. The Labute approximate surface area is 152 Å². The fourth-order valence-corrected chi connectivity index (χ4v) is 2.36. The largest absolute Gasteiger partial charge is 0.493 e. The Bertz CT molecular complexity index is 764. The maximum atomic E-state index is 12.2. The van der Waals surface area contributed by atoms with Crippen LogP contribution in [0, 0.1) is 0 Å². The number of amides is 2. The molecule has 0 aliphatic rings. The number of para-hydroxylation sites is 2. The average Bonchev–Trinajstić information content (AvgIpc) is 2.65. The Morgan fingerprint density at radius 2 is 1.88 bits per heavy atom. The Kier molecular flexibility index (Phi) is 6.96. The maximum absolute atomic E-state index is 12.2. The van der Waals surface area contributed by atoms with Crippen molar-refractivity contribution >= 4 is 11.8 Å². The third kappa shape index (κ3) is 5.20. The molecule has 2 rings (SSSR count). The molecular weight excluding hydrogens is 334 g/mol. The van der Waals surface area contributed by atoms with Crippen molar-refractivity contribution in [2.45, 2.75) is 32.9 Å². The highest BCUT2D eigenvalue weighted by molar-refractivity contribution is 5.86. The monoisotopic (exact) mass is 357 g/mol. The van der Waals surface area contributed by atoms with Gasteiger partial charge in [-0.1, -0.05) is 25.1 Å². The Morgan fingerprint density at radius 3 is 2.54 bits per heavy atom. The van der Waals surface area contributed by atoms with E-state index in [1.165, 1.54) is 6.92 Å². The van der Waals surface area contributed by atoms with Gasteiger partial charge < -0.3 is 20.1 Å². The van der Waals surface area contributed by atoms with Gasteiger partial charge in [-0.25, -0.2) is 4.98 Å². The molecule has 1 atom stereocenters. The molecule has 1 heterocycles. The van der Waals surface area contributed by atoms with Crippen molar-refractivity contribution in [1.29, 1.82) is 0 Å². The van der Waals surface area contributed by atoms with Crippen LogP contribution in [0.4, 0.5) is 0 Å². The van der Waals surface area contributed by atoms with Crippen molar-refractivity contribution in [3.8, 4) is 17.4 Å². The first-order valence-corrected chi connectivity index (χ1v) is 8.34. The Morgan fingerprint density at radius 1 is 1.15 bits per heavy atom. The van der Waals surface area contributed by atoms with Gasteiger partial charge >= 0.3 is 0 Å². The number of hydrogen-bond donors (Lipinski definition) is 2. The molecule has 0 bridgehead atoms. The second-order valence-electron chi connectivity index (χ2n) is 5.60. The van der Waals surface area contributed by atoms with Gasteiger partial charge in [0.1, 0.15) is 6.04 Å². The van der Waals surface area contributed by atoms with Crippen LogP contribution in [0.1, 0.15) is 25.8 Å². The summed E-state index contributed by atoms with van der Waals surface area (Å²) in [6, 6.07) is 10.3. The second-order valence-corrected chi connectivity index (χ2v) is 5.60. The summed E-state index contributed by atoms with van der Waals surface area (Å²) in [6.07, 6.45) is 2.12. The van der Waals surface area contributed by atoms with E-state index in [-0.39, 0.29) is 18.4 Å². The third-order valence-electron chi connectivity index (χ3n) is 3.68. The number of benzene rings is 1. The topological polar surface area (TPSA) is 89.6 Å². The molecule has 1 aromatic carbocycles. The van der Waals surface area contributed by atoms with Crippen LogP contribution in [0.25, 0.3) is 0 Å². The number of rotatable bonds is 8. The summed E-state index contributed by atoms with van der Waals surface area (Å²) in [7, 11) is 1.56. The van der Waals surface area contributed by atoms with Gasteiger partial charge in [0.2, 0.25) is 17.7 Å². The van der Waals surface area contributed by atoms with Gasteiger partial charge in [-0.05, 0) is 24.6 Å². The van der Waals surface area contributed by atoms with Gasteiger partial charge in [0, 0.05) is 25.2 Å². The number of nitrogens with zero attached hydrogens (tertiary/aromatic N) is 1. The lowest BCUT2D eigenvalue weighted by molar-refractivity contribution is -0.128. The van der Waals surface area contributed by atoms with Crippen LogP contribution >= 0.6 is 0 Å². The number of hydrogen-bond acceptors (Lipinski definition) is 5. The normalized spacial score (nSPS) is 11.3. The number of ether oxygens (including phenoxy) is 2. The van der Waals surface area contributed by atoms with Crippen molar-refractivity contribution < 1.29 is 19.1 Å². The number of pyridine rings is 1. The molecule has 0 saturated carbocycles. The molecular formula is C19H23N3O4. The molecule has 2 amide bonds. The molecule has 138 valence electrons. The highest BCUT2D eigenvalue weighted by Gasteiger charge is 2.18. The fraction of sp³-hybridized carbons (Fsp3) is 0.316. The molecule has 2 aromatic rings. The molecule has 0 unspecified atom stereocenters. The van der Waals surface area contributed by atoms with Gasteiger partial charge in [0.25, 0.3) is 0 Å². The number of methoxy groups -OCH3 is 1. The number of aromatic nitrogens is 1. The van der Waals surface area contributed by atoms with Crippen molar-refractivity contribution in [2.75, 3.05) is 7.11 Å². The third-order valence-corrected chi connectivity index (χ3v) is 3.68. The maximum Gasteiger partial charge on any atom is 0.242 e. The smallest absolute Gasteiger partial charge is 0.242 e. The van der Waals surface area contributed by atoms with E-state index in [2.05, 4.69) is 15.6 Å². The van der Waals surface area contributed by atoms with E-state index in [0.29, 0.717) is 29.4 Å². The van der Waals surface area contributed by atoms with Gasteiger partial charge in [0.05, 0.1) is 7.11 Å². The fourth-order valence-electron chi connectivity index (χ4n) is 2.36. The van der Waals surface area contributed by atoms with Crippen molar-refractivity contribution in [1.82, 2.24) is 15.6 Å². The lowest BCUT2D eigenvalue weighted by atomic mass is 10.2. The second kappa shape index (κ2) is 9.41. The zero-order valence-corrected chi connectivity index (χ0v) is 15.1. The number of carbonyl (C=O) groups excluding carboxylic acids is 2. The minimum Gasteiger partial charge on any atom is -0.493 e. The first-order chi connectivity index (χ1) is 12.5. The summed E-state index contributed by atoms with van der Waals surface area (Å²) in [5.41, 5.74) is 0.712. The Balaban J connectivity index is 2.09. The van der Waals surface area contributed by atoms with E-state index in [1.807, 2.05) is 25.1 Å². The summed E-state index contributed by atoms with van der Waals surface area (Å²) in [4.78, 5) is 27.7. The molecule has 7 nitrogen and oxygen atoms in total. The minimum atomic E-state index is -0.567. The first kappa shape index (κ1) is 19.2. The minimum absolute atomic E-state index is 0.229. The van der Waals surface area contributed by atoms with Crippen LogP contribution in [0.3, 0.4) is 0 Å². The van der Waals surface area contributed by atoms with E-state index in [9.17, 15) is 9.59 Å². The predicted octanol–water partition coefficient (Wildman–Crippen LogP) is 2.41. The van der Waals surface area contributed by atoms with Gasteiger partial charge in [-0.3, -0.25) is 9.59 Å². The quantitative estimate of drug-likeness (QED) is 0.757. The van der Waals surface area contributed by atoms with E-state index >= 15 is 0 Å². The van der Waals surface area contributed by atoms with E-state index in [0.717, 1.165) is 0 Å². The molecule has 0 spiro atoms. The molecule has 0 aliphatic heterocycles. The molecule has 0 fully saturated rings. The van der Waals surface area contributed by atoms with Gasteiger partial charge in [-0.15, -0.1) is 0 Å². The molecule has 0 saturated heterocycles. The first-order valence-electron chi connectivity index (χ1n) is 8.34. The van der Waals surface area contributed by atoms with Crippen LogP contribution in [-0.2, 0) is 16.1 Å². The predicted molar refractivity (Wildman–Crippen MR) is 97.0 cm³/mol. The van der Waals surface area contributed by atoms with Crippen LogP contribution in [0.15, 0.2) is 42.6 Å². The molecule has 2 N–H and O–H groups in total. The average molecular weight is 357 g/mol. The SMILES string of the molecule is CC[C@@H](NC(C)=O)C(=O)NCc1cccnc1Oc1ccccc1OC. The standard InChI is InChI=1S/C19H23N3O4/c1-4-15(22-13(2)23)18(24)21-12-14-8-7-11-20-19(14)26-17-10-6-5-9-16(17)25-3/h5-11,15H,4,12H2,1-3H3,(H,21,24)(H,22,23)/t15-/m1/s1. The van der Waals surface area contributed by atoms with Crippen LogP contribution in [-0.4, -0.2) is 29.9 Å². The molecule has 26 heavy (non-hydrogen) atoms. The molecule has 7 heteroatoms. The molecule has 1 aromatic heterocycles. The molecule has 0 radical (unpaired) electrons. The summed E-state index contributed by atoms with van der Waals surface area (Å²) < 4.78 is 11.1. The lowest BCUT2D eigenvalue weighted by Crippen LogP contribution is -2.45. The van der Waals surface area contributed by atoms with Crippen molar-refractivity contribution in [3.05, 3.63) is 48.2 Å². The van der Waals surface area contributed by atoms with Crippen molar-refractivity contribution in [3.63, 3.8) is 0 Å². The van der Waals surface area contributed by atoms with Crippen LogP contribution in [0.2, 0.25) is 0 Å². The molecule has 0 aliphatic carbocycles. The number of nitrogens with one attached hydrogen (secondary N) is 2. The van der Waals surface area contributed by atoms with E-state index in [1.54, 1.807) is 31.5 Å². The van der Waals surface area contributed by atoms with E-state index in [4.69, 9.17) is 9.47 Å². The highest BCUT2D eigenvalue weighted by Crippen LogP contribution is 2.31. The van der Waals surface area contributed by atoms with E-state index < -0.39 is 6.04 Å². The highest BCUT2D eigenvalue weighted by atomic mass is 16.5. The van der Waals surface area contributed by atoms with Crippen LogP contribution in [0.5, 0.6) is 17.4 Å². The van der Waals surface area contributed by atoms with Gasteiger partial charge in [-0.2, -0.15) is 0 Å². The van der Waals surface area contributed by atoms with Gasteiger partial charge in [0.15, 0.2) is 11.5 Å². The summed E-state index contributed by atoms with van der Waals surface area (Å²) in [5, 5.41) is 5.43. The zero-order valence-electron chi connectivity index (χ0n) is 15.1. The summed E-state index contributed by atoms with van der Waals surface area (Å²) >= 11 is 0. The van der Waals surface area contributed by atoms with Crippen molar-refractivity contribution in [2.24, 2.45) is 0 Å². The van der Waals surface area contributed by atoms with Crippen LogP contribution < -0.4 is 20.1 Å². The lowest BCUT2D eigenvalue weighted by Gasteiger charge is -2.17. The zero-order chi connectivity index (χ0) is 18.9.